The number of anilines is 2. The molecule has 0 saturated carbocycles. The maximum absolute atomic E-state index is 6.27. The van der Waals surface area contributed by atoms with E-state index >= 15 is 0 Å². The number of thiocarbonyl (C=S) groups is 1. The second-order valence-corrected chi connectivity index (χ2v) is 9.36. The zero-order chi connectivity index (χ0) is 21.5. The van der Waals surface area contributed by atoms with Gasteiger partial charge in [0.15, 0.2) is 5.11 Å². The number of benzene rings is 1. The lowest BCUT2D eigenvalue weighted by Gasteiger charge is -2.38. The first-order valence-corrected chi connectivity index (χ1v) is 12.0. The summed E-state index contributed by atoms with van der Waals surface area (Å²) in [5, 5.41) is 8.09. The summed E-state index contributed by atoms with van der Waals surface area (Å²) >= 11 is 11.9. The minimum atomic E-state index is -0.0379. The Morgan fingerprint density at radius 2 is 1.87 bits per heavy atom. The van der Waals surface area contributed by atoms with Crippen LogP contribution < -0.4 is 15.5 Å². The molecule has 0 atom stereocenters. The van der Waals surface area contributed by atoms with Gasteiger partial charge in [0.05, 0.1) is 11.9 Å². The van der Waals surface area contributed by atoms with Gasteiger partial charge in [0.25, 0.3) is 0 Å². The molecule has 0 spiro atoms. The number of halogens is 1. The minimum Gasteiger partial charge on any atom is -0.381 e. The molecule has 1 aromatic carbocycles. The first-order valence-electron chi connectivity index (χ1n) is 11.2. The van der Waals surface area contributed by atoms with Gasteiger partial charge in [0, 0.05) is 43.3 Å². The van der Waals surface area contributed by atoms with Gasteiger partial charge in [-0.25, -0.2) is 4.98 Å². The van der Waals surface area contributed by atoms with Crippen LogP contribution in [0.3, 0.4) is 0 Å². The molecule has 2 aliphatic rings. The number of hydrogen-bond donors (Lipinski definition) is 2. The zero-order valence-corrected chi connectivity index (χ0v) is 19.5. The molecule has 0 bridgehead atoms. The van der Waals surface area contributed by atoms with Crippen LogP contribution in [0.25, 0.3) is 0 Å². The highest BCUT2D eigenvalue weighted by Gasteiger charge is 2.34. The van der Waals surface area contributed by atoms with Crippen LogP contribution >= 0.6 is 23.8 Å². The van der Waals surface area contributed by atoms with E-state index in [1.54, 1.807) is 0 Å². The number of rotatable bonds is 5. The smallest absolute Gasteiger partial charge is 0.170 e. The lowest BCUT2D eigenvalue weighted by Crippen LogP contribution is -2.45. The van der Waals surface area contributed by atoms with E-state index in [9.17, 15) is 0 Å². The van der Waals surface area contributed by atoms with Gasteiger partial charge >= 0.3 is 0 Å². The average Bonchev–Trinajstić information content (AvgIpc) is 3.09. The third kappa shape index (κ3) is 5.88. The lowest BCUT2D eigenvalue weighted by molar-refractivity contribution is 0.0515. The van der Waals surface area contributed by atoms with Gasteiger partial charge in [-0.2, -0.15) is 0 Å². The van der Waals surface area contributed by atoms with Gasteiger partial charge in [-0.1, -0.05) is 36.6 Å². The molecule has 2 aliphatic heterocycles. The molecule has 166 valence electrons. The molecule has 4 rings (SSSR count). The normalized spacial score (nSPS) is 18.8. The van der Waals surface area contributed by atoms with Crippen molar-refractivity contribution in [1.29, 1.82) is 0 Å². The number of pyridine rings is 1. The number of aromatic nitrogens is 1. The van der Waals surface area contributed by atoms with Crippen molar-refractivity contribution in [3.63, 3.8) is 0 Å². The number of hydrogen-bond acceptors (Lipinski definition) is 4. The Morgan fingerprint density at radius 3 is 2.55 bits per heavy atom. The third-order valence-electron chi connectivity index (χ3n) is 6.41. The number of ether oxygens (including phenoxy) is 1. The van der Waals surface area contributed by atoms with E-state index in [0.29, 0.717) is 5.11 Å². The Labute approximate surface area is 195 Å². The second kappa shape index (κ2) is 10.6. The molecular weight excluding hydrogens is 428 g/mol. The zero-order valence-electron chi connectivity index (χ0n) is 17.9. The van der Waals surface area contributed by atoms with Crippen LogP contribution in [-0.4, -0.2) is 42.9 Å². The van der Waals surface area contributed by atoms with Gasteiger partial charge in [-0.15, -0.1) is 0 Å². The first kappa shape index (κ1) is 22.3. The van der Waals surface area contributed by atoms with E-state index in [0.717, 1.165) is 62.2 Å². The van der Waals surface area contributed by atoms with Gasteiger partial charge < -0.3 is 20.3 Å². The Morgan fingerprint density at radius 1 is 1.10 bits per heavy atom. The predicted molar refractivity (Wildman–Crippen MR) is 132 cm³/mol. The molecule has 0 aliphatic carbocycles. The molecule has 0 amide bonds. The average molecular weight is 459 g/mol. The molecule has 2 fully saturated rings. The molecule has 0 radical (unpaired) electrons. The molecule has 2 aromatic rings. The highest BCUT2D eigenvalue weighted by Crippen LogP contribution is 2.35. The molecule has 2 N–H and O–H groups in total. The van der Waals surface area contributed by atoms with Crippen molar-refractivity contribution >= 4 is 40.4 Å². The Bertz CT molecular complexity index is 862. The standard InChI is InChI=1S/C24H31ClN4OS/c25-20-7-5-6-19(16-20)24(10-14-30-15-11-24)18-27-23(31)28-21-8-9-22(26-17-21)29-12-3-1-2-4-13-29/h5-9,16-17H,1-4,10-15,18H2,(H2,27,28,31). The molecule has 2 saturated heterocycles. The topological polar surface area (TPSA) is 49.4 Å². The summed E-state index contributed by atoms with van der Waals surface area (Å²) in [4.78, 5) is 7.05. The van der Waals surface area contributed by atoms with Crippen LogP contribution in [0.5, 0.6) is 0 Å². The molecule has 3 heterocycles. The fourth-order valence-electron chi connectivity index (χ4n) is 4.52. The van der Waals surface area contributed by atoms with E-state index < -0.39 is 0 Å². The van der Waals surface area contributed by atoms with Crippen molar-refractivity contribution < 1.29 is 4.74 Å². The van der Waals surface area contributed by atoms with Crippen molar-refractivity contribution in [2.75, 3.05) is 43.1 Å². The maximum atomic E-state index is 6.27. The Hall–Kier alpha value is -1.89. The molecule has 1 aromatic heterocycles. The van der Waals surface area contributed by atoms with Crippen molar-refractivity contribution in [3.05, 3.63) is 53.2 Å². The Balaban J connectivity index is 1.36. The first-order chi connectivity index (χ1) is 15.1. The van der Waals surface area contributed by atoms with Gasteiger partial charge in [0.2, 0.25) is 0 Å². The second-order valence-electron chi connectivity index (χ2n) is 8.52. The van der Waals surface area contributed by atoms with Crippen molar-refractivity contribution in [2.45, 2.75) is 43.9 Å². The fourth-order valence-corrected chi connectivity index (χ4v) is 4.90. The van der Waals surface area contributed by atoms with Gasteiger partial charge in [-0.3, -0.25) is 0 Å². The third-order valence-corrected chi connectivity index (χ3v) is 6.89. The molecule has 31 heavy (non-hydrogen) atoms. The summed E-state index contributed by atoms with van der Waals surface area (Å²) in [6.07, 6.45) is 8.88. The maximum Gasteiger partial charge on any atom is 0.170 e. The highest BCUT2D eigenvalue weighted by atomic mass is 35.5. The van der Waals surface area contributed by atoms with Crippen LogP contribution in [0.2, 0.25) is 5.02 Å². The van der Waals surface area contributed by atoms with E-state index in [-0.39, 0.29) is 5.41 Å². The van der Waals surface area contributed by atoms with Gasteiger partial charge in [0.1, 0.15) is 5.82 Å². The van der Waals surface area contributed by atoms with Crippen LogP contribution in [0.1, 0.15) is 44.1 Å². The number of nitrogens with one attached hydrogen (secondary N) is 2. The predicted octanol–water partition coefficient (Wildman–Crippen LogP) is 5.15. The van der Waals surface area contributed by atoms with Gasteiger partial charge in [-0.05, 0) is 67.7 Å². The molecular formula is C24H31ClN4OS. The summed E-state index contributed by atoms with van der Waals surface area (Å²) < 4.78 is 5.63. The lowest BCUT2D eigenvalue weighted by atomic mass is 9.74. The van der Waals surface area contributed by atoms with Crippen LogP contribution in [0.4, 0.5) is 11.5 Å². The summed E-state index contributed by atoms with van der Waals surface area (Å²) in [6, 6.07) is 12.3. The summed E-state index contributed by atoms with van der Waals surface area (Å²) in [6.45, 7) is 4.42. The van der Waals surface area contributed by atoms with E-state index in [1.807, 2.05) is 18.3 Å². The minimum absolute atomic E-state index is 0.0379. The van der Waals surface area contributed by atoms with E-state index in [1.165, 1.54) is 31.2 Å². The molecule has 7 heteroatoms. The van der Waals surface area contributed by atoms with Crippen molar-refractivity contribution in [3.8, 4) is 0 Å². The quantitative estimate of drug-likeness (QED) is 0.604. The van der Waals surface area contributed by atoms with Crippen LogP contribution in [-0.2, 0) is 10.2 Å². The Kier molecular flexibility index (Phi) is 7.64. The SMILES string of the molecule is S=C(NCC1(c2cccc(Cl)c2)CCOCC1)Nc1ccc(N2CCCCCC2)nc1. The number of nitrogens with zero attached hydrogens (tertiary/aromatic N) is 2. The summed E-state index contributed by atoms with van der Waals surface area (Å²) in [5.41, 5.74) is 2.10. The van der Waals surface area contributed by atoms with E-state index in [2.05, 4.69) is 44.8 Å². The largest absolute Gasteiger partial charge is 0.381 e. The molecule has 0 unspecified atom stereocenters. The highest BCUT2D eigenvalue weighted by molar-refractivity contribution is 7.80. The van der Waals surface area contributed by atoms with E-state index in [4.69, 9.17) is 28.6 Å². The summed E-state index contributed by atoms with van der Waals surface area (Å²) in [7, 11) is 0. The van der Waals surface area contributed by atoms with Crippen LogP contribution in [0.15, 0.2) is 42.6 Å². The van der Waals surface area contributed by atoms with Crippen molar-refractivity contribution in [2.24, 2.45) is 0 Å². The summed E-state index contributed by atoms with van der Waals surface area (Å²) in [5.74, 6) is 1.05. The monoisotopic (exact) mass is 458 g/mol. The molecule has 5 nitrogen and oxygen atoms in total. The van der Waals surface area contributed by atoms with Crippen molar-refractivity contribution in [1.82, 2.24) is 10.3 Å². The fraction of sp³-hybridized carbons (Fsp3) is 0.500. The van der Waals surface area contributed by atoms with Crippen LogP contribution in [0, 0.1) is 0 Å².